The minimum Gasteiger partial charge on any atom is -0.312 e. The maximum atomic E-state index is 12.3. The third-order valence-electron chi connectivity index (χ3n) is 2.63. The summed E-state index contributed by atoms with van der Waals surface area (Å²) in [6, 6.07) is 1.70. The molecule has 0 aliphatic carbocycles. The summed E-state index contributed by atoms with van der Waals surface area (Å²) in [4.78, 5) is 5.51. The van der Waals surface area contributed by atoms with Gasteiger partial charge in [-0.25, -0.2) is 18.1 Å². The first-order valence-electron chi connectivity index (χ1n) is 6.32. The Morgan fingerprint density at radius 2 is 2.14 bits per heavy atom. The van der Waals surface area contributed by atoms with Crippen molar-refractivity contribution in [1.82, 2.24) is 15.0 Å². The fourth-order valence-corrected chi connectivity index (χ4v) is 6.08. The van der Waals surface area contributed by atoms with E-state index in [-0.39, 0.29) is 11.4 Å². The maximum absolute atomic E-state index is 12.3. The fraction of sp³-hybridized carbons (Fsp3) is 0.417. The zero-order valence-electron chi connectivity index (χ0n) is 11.6. The molecule has 0 unspecified atom stereocenters. The van der Waals surface area contributed by atoms with Gasteiger partial charge in [-0.05, 0) is 35.5 Å². The molecule has 0 aromatic carbocycles. The predicted octanol–water partition coefficient (Wildman–Crippen LogP) is 2.86. The smallest absolute Gasteiger partial charge is 0.242 e. The molecule has 21 heavy (non-hydrogen) atoms. The average molecular weight is 410 g/mol. The van der Waals surface area contributed by atoms with Gasteiger partial charge in [-0.3, -0.25) is 0 Å². The van der Waals surface area contributed by atoms with Crippen LogP contribution in [0.1, 0.15) is 22.5 Å². The van der Waals surface area contributed by atoms with Gasteiger partial charge in [0, 0.05) is 22.5 Å². The number of halogens is 1. The summed E-state index contributed by atoms with van der Waals surface area (Å²) in [7, 11) is -3.53. The molecule has 0 aliphatic rings. The monoisotopic (exact) mass is 409 g/mol. The minimum absolute atomic E-state index is 0.214. The van der Waals surface area contributed by atoms with Crippen molar-refractivity contribution in [2.45, 2.75) is 31.8 Å². The quantitative estimate of drug-likeness (QED) is 0.737. The molecule has 2 rings (SSSR count). The van der Waals surface area contributed by atoms with E-state index in [1.54, 1.807) is 6.07 Å². The molecule has 0 aliphatic heterocycles. The molecular weight excluding hydrogens is 394 g/mol. The number of nitrogens with one attached hydrogen (secondary N) is 2. The molecule has 0 spiro atoms. The predicted molar refractivity (Wildman–Crippen MR) is 90.3 cm³/mol. The van der Waals surface area contributed by atoms with E-state index in [1.807, 2.05) is 19.2 Å². The van der Waals surface area contributed by atoms with Crippen LogP contribution in [0.3, 0.4) is 0 Å². The molecule has 0 saturated carbocycles. The zero-order chi connectivity index (χ0) is 15.5. The number of hydrogen-bond donors (Lipinski definition) is 2. The van der Waals surface area contributed by atoms with Gasteiger partial charge in [0.05, 0.1) is 10.3 Å². The van der Waals surface area contributed by atoms with Crippen LogP contribution in [0.15, 0.2) is 20.1 Å². The fourth-order valence-electron chi connectivity index (χ4n) is 1.63. The van der Waals surface area contributed by atoms with E-state index < -0.39 is 10.0 Å². The van der Waals surface area contributed by atoms with Crippen molar-refractivity contribution in [3.8, 4) is 0 Å². The summed E-state index contributed by atoms with van der Waals surface area (Å²) in [5.74, 6) is 0. The molecule has 0 saturated heterocycles. The molecule has 2 N–H and O–H groups in total. The zero-order valence-corrected chi connectivity index (χ0v) is 15.7. The highest BCUT2D eigenvalue weighted by atomic mass is 79.9. The van der Waals surface area contributed by atoms with Gasteiger partial charge in [0.1, 0.15) is 9.90 Å². The Balaban J connectivity index is 2.09. The number of thiazole rings is 1. The SMILES string of the molecule is CCNCc1cc(S(=O)(=O)NCc2nc(C)cs2)c(Br)s1. The molecule has 2 aromatic rings. The van der Waals surface area contributed by atoms with E-state index in [0.29, 0.717) is 10.3 Å². The summed E-state index contributed by atoms with van der Waals surface area (Å²) in [6.45, 7) is 5.63. The lowest BCUT2D eigenvalue weighted by Gasteiger charge is -2.03. The second-order valence-electron chi connectivity index (χ2n) is 4.34. The van der Waals surface area contributed by atoms with Gasteiger partial charge in [0.2, 0.25) is 10.0 Å². The molecular formula is C12H16BrN3O2S3. The van der Waals surface area contributed by atoms with E-state index >= 15 is 0 Å². The summed E-state index contributed by atoms with van der Waals surface area (Å²) in [5, 5.41) is 5.84. The topological polar surface area (TPSA) is 71.1 Å². The van der Waals surface area contributed by atoms with Crippen LogP contribution < -0.4 is 10.0 Å². The number of hydrogen-bond acceptors (Lipinski definition) is 6. The Hall–Kier alpha value is -0.320. The van der Waals surface area contributed by atoms with E-state index in [2.05, 4.69) is 31.0 Å². The summed E-state index contributed by atoms with van der Waals surface area (Å²) in [5.41, 5.74) is 0.902. The Labute approximate surface area is 141 Å². The number of thiophene rings is 1. The highest BCUT2D eigenvalue weighted by molar-refractivity contribution is 9.11. The largest absolute Gasteiger partial charge is 0.312 e. The molecule has 0 bridgehead atoms. The highest BCUT2D eigenvalue weighted by Crippen LogP contribution is 2.31. The normalized spacial score (nSPS) is 12.0. The first kappa shape index (κ1) is 17.0. The molecule has 0 fully saturated rings. The molecule has 5 nitrogen and oxygen atoms in total. The standard InChI is InChI=1S/C12H16BrN3O2S3/c1-3-14-5-9-4-10(12(13)20-9)21(17,18)15-6-11-16-8(2)7-19-11/h4,7,14-15H,3,5-6H2,1-2H3. The Bertz CT molecular complexity index is 709. The van der Waals surface area contributed by atoms with E-state index in [9.17, 15) is 8.42 Å². The van der Waals surface area contributed by atoms with Gasteiger partial charge >= 0.3 is 0 Å². The molecule has 0 atom stereocenters. The Morgan fingerprint density at radius 1 is 1.38 bits per heavy atom. The first-order chi connectivity index (χ1) is 9.92. The summed E-state index contributed by atoms with van der Waals surface area (Å²) < 4.78 is 27.9. The maximum Gasteiger partial charge on any atom is 0.242 e. The van der Waals surface area contributed by atoms with Crippen molar-refractivity contribution in [2.75, 3.05) is 6.54 Å². The van der Waals surface area contributed by atoms with Gasteiger partial charge < -0.3 is 5.32 Å². The number of aryl methyl sites for hydroxylation is 1. The number of sulfonamides is 1. The van der Waals surface area contributed by atoms with Crippen LogP contribution in [0.25, 0.3) is 0 Å². The lowest BCUT2D eigenvalue weighted by molar-refractivity contribution is 0.581. The molecule has 9 heteroatoms. The Kier molecular flexibility index (Phi) is 5.92. The molecule has 2 heterocycles. The average Bonchev–Trinajstić information content (AvgIpc) is 3.00. The van der Waals surface area contributed by atoms with Gasteiger partial charge in [-0.2, -0.15) is 0 Å². The van der Waals surface area contributed by atoms with Crippen LogP contribution in [0.2, 0.25) is 0 Å². The van der Waals surface area contributed by atoms with Crippen LogP contribution in [0.5, 0.6) is 0 Å². The first-order valence-corrected chi connectivity index (χ1v) is 10.3. The van der Waals surface area contributed by atoms with Gasteiger partial charge in [0.25, 0.3) is 0 Å². The number of nitrogens with zero attached hydrogens (tertiary/aromatic N) is 1. The molecule has 116 valence electrons. The van der Waals surface area contributed by atoms with Crippen LogP contribution in [0, 0.1) is 6.92 Å². The van der Waals surface area contributed by atoms with Gasteiger partial charge in [-0.1, -0.05) is 6.92 Å². The third-order valence-corrected chi connectivity index (χ3v) is 7.25. The highest BCUT2D eigenvalue weighted by Gasteiger charge is 2.21. The van der Waals surface area contributed by atoms with Gasteiger partial charge in [-0.15, -0.1) is 22.7 Å². The van der Waals surface area contributed by atoms with Crippen molar-refractivity contribution in [3.63, 3.8) is 0 Å². The molecule has 0 amide bonds. The van der Waals surface area contributed by atoms with Crippen LogP contribution >= 0.6 is 38.6 Å². The van der Waals surface area contributed by atoms with Crippen LogP contribution in [-0.4, -0.2) is 19.9 Å². The van der Waals surface area contributed by atoms with Crippen LogP contribution in [-0.2, 0) is 23.1 Å². The van der Waals surface area contributed by atoms with Crippen molar-refractivity contribution >= 4 is 48.6 Å². The lowest BCUT2D eigenvalue weighted by atomic mass is 10.4. The van der Waals surface area contributed by atoms with E-state index in [0.717, 1.165) is 22.1 Å². The minimum atomic E-state index is -3.53. The summed E-state index contributed by atoms with van der Waals surface area (Å²) >= 11 is 6.21. The third kappa shape index (κ3) is 4.57. The van der Waals surface area contributed by atoms with Crippen molar-refractivity contribution in [3.05, 3.63) is 30.8 Å². The van der Waals surface area contributed by atoms with Gasteiger partial charge in [0.15, 0.2) is 0 Å². The molecule has 2 aromatic heterocycles. The second kappa shape index (κ2) is 7.30. The number of aromatic nitrogens is 1. The van der Waals surface area contributed by atoms with Crippen LogP contribution in [0.4, 0.5) is 0 Å². The Morgan fingerprint density at radius 3 is 2.76 bits per heavy atom. The van der Waals surface area contributed by atoms with E-state index in [1.165, 1.54) is 22.7 Å². The molecule has 0 radical (unpaired) electrons. The lowest BCUT2D eigenvalue weighted by Crippen LogP contribution is -2.23. The summed E-state index contributed by atoms with van der Waals surface area (Å²) in [6.07, 6.45) is 0. The second-order valence-corrected chi connectivity index (χ2v) is 9.47. The number of rotatable bonds is 7. The van der Waals surface area contributed by atoms with Crippen molar-refractivity contribution in [2.24, 2.45) is 0 Å². The van der Waals surface area contributed by atoms with E-state index in [4.69, 9.17) is 0 Å². The van der Waals surface area contributed by atoms with Crippen molar-refractivity contribution < 1.29 is 8.42 Å². The van der Waals surface area contributed by atoms with Crippen molar-refractivity contribution in [1.29, 1.82) is 0 Å².